The number of aromatic hydroxyl groups is 1. The van der Waals surface area contributed by atoms with Crippen LogP contribution in [-0.2, 0) is 18.5 Å². The summed E-state index contributed by atoms with van der Waals surface area (Å²) < 4.78 is 0. The second-order valence-electron chi connectivity index (χ2n) is 8.36. The van der Waals surface area contributed by atoms with Gasteiger partial charge in [-0.05, 0) is 62.8 Å². The van der Waals surface area contributed by atoms with E-state index < -0.39 is 0 Å². The van der Waals surface area contributed by atoms with Crippen LogP contribution in [0.4, 0.5) is 0 Å². The number of hydrogen-bond acceptors (Lipinski definition) is 3. The van der Waals surface area contributed by atoms with Crippen LogP contribution in [0.5, 0.6) is 5.75 Å². The molecule has 128 valence electrons. The average molecular weight is 316 g/mol. The Balaban J connectivity index is 1.89. The van der Waals surface area contributed by atoms with Crippen LogP contribution in [0.15, 0.2) is 12.1 Å². The molecule has 1 N–H and O–H groups in total. The molecule has 0 radical (unpaired) electrons. The molecule has 3 heteroatoms. The van der Waals surface area contributed by atoms with Gasteiger partial charge in [0.05, 0.1) is 0 Å². The summed E-state index contributed by atoms with van der Waals surface area (Å²) in [6.45, 7) is 13.2. The van der Waals surface area contributed by atoms with Gasteiger partial charge in [-0.2, -0.15) is 0 Å². The molecule has 0 saturated carbocycles. The Morgan fingerprint density at radius 2 is 1.22 bits per heavy atom. The fraction of sp³-hybridized carbons (Fsp3) is 0.700. The molecule has 3 rings (SSSR count). The molecule has 0 bridgehead atoms. The Bertz CT molecular complexity index is 496. The van der Waals surface area contributed by atoms with Crippen molar-refractivity contribution in [2.24, 2.45) is 0 Å². The highest BCUT2D eigenvalue weighted by molar-refractivity contribution is 5.45. The van der Waals surface area contributed by atoms with Gasteiger partial charge in [0, 0.05) is 24.2 Å². The van der Waals surface area contributed by atoms with Crippen molar-refractivity contribution in [1.29, 1.82) is 0 Å². The lowest BCUT2D eigenvalue weighted by Crippen LogP contribution is -2.22. The molecule has 1 aromatic carbocycles. The van der Waals surface area contributed by atoms with Crippen molar-refractivity contribution < 1.29 is 5.11 Å². The summed E-state index contributed by atoms with van der Waals surface area (Å²) in [6, 6.07) is 4.47. The van der Waals surface area contributed by atoms with Gasteiger partial charge in [-0.15, -0.1) is 0 Å². The summed E-state index contributed by atoms with van der Waals surface area (Å²) in [5, 5.41) is 10.8. The number of rotatable bonds is 4. The van der Waals surface area contributed by atoms with Crippen molar-refractivity contribution in [3.8, 4) is 5.75 Å². The molecule has 0 unspecified atom stereocenters. The van der Waals surface area contributed by atoms with E-state index >= 15 is 0 Å². The fourth-order valence-electron chi connectivity index (χ4n) is 3.80. The Labute approximate surface area is 141 Å². The van der Waals surface area contributed by atoms with Gasteiger partial charge < -0.3 is 5.11 Å². The number of phenols is 1. The third kappa shape index (κ3) is 4.07. The highest BCUT2D eigenvalue weighted by atomic mass is 16.3. The first-order valence-electron chi connectivity index (χ1n) is 9.23. The molecule has 3 nitrogen and oxygen atoms in total. The zero-order valence-electron chi connectivity index (χ0n) is 15.1. The van der Waals surface area contributed by atoms with Crippen molar-refractivity contribution in [2.45, 2.75) is 65.0 Å². The maximum Gasteiger partial charge on any atom is 0.124 e. The van der Waals surface area contributed by atoms with Crippen LogP contribution in [0.3, 0.4) is 0 Å². The molecule has 0 atom stereocenters. The first kappa shape index (κ1) is 16.8. The third-order valence-electron chi connectivity index (χ3n) is 5.32. The smallest absolute Gasteiger partial charge is 0.124 e. The molecule has 2 aliphatic heterocycles. The second kappa shape index (κ2) is 6.82. The lowest BCUT2D eigenvalue weighted by atomic mass is 9.84. The maximum absolute atomic E-state index is 10.8. The van der Waals surface area contributed by atoms with Crippen LogP contribution in [0.25, 0.3) is 0 Å². The number of phenolic OH excluding ortho intramolecular Hbond substituents is 1. The molecule has 0 aromatic heterocycles. The maximum atomic E-state index is 10.8. The van der Waals surface area contributed by atoms with E-state index in [2.05, 4.69) is 42.7 Å². The highest BCUT2D eigenvalue weighted by Gasteiger charge is 2.22. The van der Waals surface area contributed by atoms with E-state index in [9.17, 15) is 5.11 Å². The summed E-state index contributed by atoms with van der Waals surface area (Å²) in [6.07, 6.45) is 5.17. The normalized spacial score (nSPS) is 20.5. The molecule has 0 aliphatic carbocycles. The minimum absolute atomic E-state index is 0.118. The standard InChI is InChI=1S/C20H32N2O/c1-20(2,3)18-12-16(14-21-8-4-5-9-21)19(23)17(13-18)15-22-10-6-7-11-22/h12-13,23H,4-11,14-15H2,1-3H3. The summed E-state index contributed by atoms with van der Waals surface area (Å²) in [7, 11) is 0. The summed E-state index contributed by atoms with van der Waals surface area (Å²) in [4.78, 5) is 4.95. The number of hydrogen-bond donors (Lipinski definition) is 1. The Hall–Kier alpha value is -1.06. The van der Waals surface area contributed by atoms with E-state index in [1.165, 1.54) is 57.4 Å². The summed E-state index contributed by atoms with van der Waals surface area (Å²) in [5.41, 5.74) is 3.70. The monoisotopic (exact) mass is 316 g/mol. The Morgan fingerprint density at radius 1 is 0.826 bits per heavy atom. The van der Waals surface area contributed by atoms with Crippen LogP contribution < -0.4 is 0 Å². The molecule has 2 heterocycles. The van der Waals surface area contributed by atoms with Gasteiger partial charge in [0.15, 0.2) is 0 Å². The minimum atomic E-state index is 0.118. The summed E-state index contributed by atoms with van der Waals surface area (Å²) in [5.74, 6) is 0.539. The lowest BCUT2D eigenvalue weighted by Gasteiger charge is -2.25. The van der Waals surface area contributed by atoms with E-state index in [1.54, 1.807) is 0 Å². The number of likely N-dealkylation sites (tertiary alicyclic amines) is 2. The largest absolute Gasteiger partial charge is 0.507 e. The lowest BCUT2D eigenvalue weighted by molar-refractivity contribution is 0.312. The van der Waals surface area contributed by atoms with Gasteiger partial charge in [0.2, 0.25) is 0 Å². The van der Waals surface area contributed by atoms with Crippen LogP contribution >= 0.6 is 0 Å². The molecule has 0 amide bonds. The highest BCUT2D eigenvalue weighted by Crippen LogP contribution is 2.33. The van der Waals surface area contributed by atoms with Gasteiger partial charge >= 0.3 is 0 Å². The van der Waals surface area contributed by atoms with Crippen LogP contribution in [0.1, 0.15) is 63.1 Å². The van der Waals surface area contributed by atoms with Crippen LogP contribution in [-0.4, -0.2) is 41.1 Å². The number of benzene rings is 1. The molecular formula is C20H32N2O. The van der Waals surface area contributed by atoms with Crippen molar-refractivity contribution in [2.75, 3.05) is 26.2 Å². The van der Waals surface area contributed by atoms with Crippen LogP contribution in [0, 0.1) is 0 Å². The predicted octanol–water partition coefficient (Wildman–Crippen LogP) is 3.88. The first-order chi connectivity index (χ1) is 10.9. The summed E-state index contributed by atoms with van der Waals surface area (Å²) >= 11 is 0. The van der Waals surface area contributed by atoms with Crippen molar-refractivity contribution in [3.05, 3.63) is 28.8 Å². The van der Waals surface area contributed by atoms with E-state index in [0.29, 0.717) is 5.75 Å². The van der Waals surface area contributed by atoms with Crippen molar-refractivity contribution in [3.63, 3.8) is 0 Å². The molecule has 2 saturated heterocycles. The Kier molecular flexibility index (Phi) is 4.98. The topological polar surface area (TPSA) is 26.7 Å². The van der Waals surface area contributed by atoms with E-state index in [1.807, 2.05) is 0 Å². The van der Waals surface area contributed by atoms with Gasteiger partial charge in [0.25, 0.3) is 0 Å². The van der Waals surface area contributed by atoms with Crippen molar-refractivity contribution in [1.82, 2.24) is 9.80 Å². The molecule has 2 aliphatic rings. The van der Waals surface area contributed by atoms with E-state index in [-0.39, 0.29) is 5.41 Å². The van der Waals surface area contributed by atoms with Crippen LogP contribution in [0.2, 0.25) is 0 Å². The quantitative estimate of drug-likeness (QED) is 0.913. The zero-order valence-corrected chi connectivity index (χ0v) is 15.1. The molecule has 23 heavy (non-hydrogen) atoms. The van der Waals surface area contributed by atoms with Gasteiger partial charge in [-0.3, -0.25) is 9.80 Å². The molecule has 2 fully saturated rings. The first-order valence-corrected chi connectivity index (χ1v) is 9.23. The van der Waals surface area contributed by atoms with Gasteiger partial charge in [0.1, 0.15) is 5.75 Å². The van der Waals surface area contributed by atoms with E-state index in [0.717, 1.165) is 24.2 Å². The zero-order chi connectivity index (χ0) is 16.4. The fourth-order valence-corrected chi connectivity index (χ4v) is 3.80. The molecular weight excluding hydrogens is 284 g/mol. The minimum Gasteiger partial charge on any atom is -0.507 e. The third-order valence-corrected chi connectivity index (χ3v) is 5.32. The SMILES string of the molecule is CC(C)(C)c1cc(CN2CCCC2)c(O)c(CN2CCCC2)c1. The second-order valence-corrected chi connectivity index (χ2v) is 8.36. The van der Waals surface area contributed by atoms with E-state index in [4.69, 9.17) is 0 Å². The predicted molar refractivity (Wildman–Crippen MR) is 95.8 cm³/mol. The number of nitrogens with zero attached hydrogens (tertiary/aromatic N) is 2. The van der Waals surface area contributed by atoms with Crippen molar-refractivity contribution >= 4 is 0 Å². The average Bonchev–Trinajstić information content (AvgIpc) is 3.15. The molecule has 1 aromatic rings. The van der Waals surface area contributed by atoms with Gasteiger partial charge in [-0.1, -0.05) is 32.9 Å². The molecule has 0 spiro atoms. The van der Waals surface area contributed by atoms with Gasteiger partial charge in [-0.25, -0.2) is 0 Å². The Morgan fingerprint density at radius 3 is 1.57 bits per heavy atom.